The van der Waals surface area contributed by atoms with Crippen LogP contribution < -0.4 is 10.2 Å². The number of pyridine rings is 1. The highest BCUT2D eigenvalue weighted by Crippen LogP contribution is 2.23. The molecule has 0 saturated carbocycles. The standard InChI is InChI=1S/C20H13Br2N3O3/c21-16-6-7-18(28-20(27)13-4-2-1-3-5-13)14(8-16)11-24-25-19(26)15-9-17(22)12-23-10-15/h1-12H,(H,25,26)/b24-11-. The Morgan fingerprint density at radius 3 is 2.50 bits per heavy atom. The number of hydrogen-bond donors (Lipinski definition) is 1. The number of ether oxygens (including phenoxy) is 1. The van der Waals surface area contributed by atoms with E-state index in [4.69, 9.17) is 4.74 Å². The average Bonchev–Trinajstić information content (AvgIpc) is 2.70. The summed E-state index contributed by atoms with van der Waals surface area (Å²) in [5.74, 6) is -0.580. The minimum absolute atomic E-state index is 0.319. The number of nitrogens with one attached hydrogen (secondary N) is 1. The van der Waals surface area contributed by atoms with Crippen LogP contribution in [0.5, 0.6) is 5.75 Å². The molecule has 0 fully saturated rings. The Morgan fingerprint density at radius 2 is 1.75 bits per heavy atom. The predicted molar refractivity (Wildman–Crippen MR) is 113 cm³/mol. The number of halogens is 2. The maximum atomic E-state index is 12.3. The van der Waals surface area contributed by atoms with E-state index in [9.17, 15) is 9.59 Å². The van der Waals surface area contributed by atoms with Gasteiger partial charge in [0.2, 0.25) is 0 Å². The number of hydrogen-bond acceptors (Lipinski definition) is 5. The van der Waals surface area contributed by atoms with Crippen molar-refractivity contribution in [3.63, 3.8) is 0 Å². The lowest BCUT2D eigenvalue weighted by molar-refractivity contribution is 0.0734. The van der Waals surface area contributed by atoms with Crippen molar-refractivity contribution in [2.75, 3.05) is 0 Å². The molecule has 1 aromatic heterocycles. The molecule has 8 heteroatoms. The van der Waals surface area contributed by atoms with Crippen LogP contribution >= 0.6 is 31.9 Å². The number of amides is 1. The van der Waals surface area contributed by atoms with Crippen molar-refractivity contribution in [1.29, 1.82) is 0 Å². The molecule has 140 valence electrons. The SMILES string of the molecule is O=C(N/N=C\c1cc(Br)ccc1OC(=O)c1ccccc1)c1cncc(Br)c1. The second-order valence-electron chi connectivity index (χ2n) is 5.53. The van der Waals surface area contributed by atoms with Crippen LogP contribution in [0.2, 0.25) is 0 Å². The van der Waals surface area contributed by atoms with E-state index in [-0.39, 0.29) is 0 Å². The van der Waals surface area contributed by atoms with Gasteiger partial charge in [-0.3, -0.25) is 9.78 Å². The zero-order valence-corrected chi connectivity index (χ0v) is 17.5. The Hall–Kier alpha value is -2.84. The minimum Gasteiger partial charge on any atom is -0.422 e. The molecule has 0 saturated heterocycles. The molecule has 0 unspecified atom stereocenters. The van der Waals surface area contributed by atoms with Crippen molar-refractivity contribution in [3.05, 3.63) is 92.6 Å². The van der Waals surface area contributed by atoms with Crippen molar-refractivity contribution >= 4 is 50.0 Å². The fourth-order valence-corrected chi connectivity index (χ4v) is 2.95. The first-order valence-electron chi connectivity index (χ1n) is 8.03. The zero-order chi connectivity index (χ0) is 19.9. The third kappa shape index (κ3) is 5.34. The number of carbonyl (C=O) groups is 2. The van der Waals surface area contributed by atoms with Gasteiger partial charge in [0, 0.05) is 26.9 Å². The third-order valence-corrected chi connectivity index (χ3v) is 4.45. The Bertz CT molecular complexity index is 1040. The second-order valence-corrected chi connectivity index (χ2v) is 7.36. The van der Waals surface area contributed by atoms with Crippen LogP contribution in [0.3, 0.4) is 0 Å². The minimum atomic E-state index is -0.484. The van der Waals surface area contributed by atoms with Crippen LogP contribution in [-0.2, 0) is 0 Å². The van der Waals surface area contributed by atoms with Crippen molar-refractivity contribution in [2.45, 2.75) is 0 Å². The van der Waals surface area contributed by atoms with Gasteiger partial charge in [-0.05, 0) is 52.3 Å². The van der Waals surface area contributed by atoms with Gasteiger partial charge in [0.25, 0.3) is 5.91 Å². The molecule has 0 atom stereocenters. The van der Waals surface area contributed by atoms with Crippen LogP contribution in [-0.4, -0.2) is 23.1 Å². The molecule has 3 aromatic rings. The van der Waals surface area contributed by atoms with Gasteiger partial charge in [-0.2, -0.15) is 5.10 Å². The van der Waals surface area contributed by atoms with Crippen LogP contribution in [0, 0.1) is 0 Å². The summed E-state index contributed by atoms with van der Waals surface area (Å²) in [6, 6.07) is 15.4. The number of nitrogens with zero attached hydrogens (tertiary/aromatic N) is 2. The van der Waals surface area contributed by atoms with E-state index in [1.165, 1.54) is 12.4 Å². The Kier molecular flexibility index (Phi) is 6.67. The molecular weight excluding hydrogens is 490 g/mol. The maximum absolute atomic E-state index is 12.3. The molecule has 0 aliphatic carbocycles. The summed E-state index contributed by atoms with van der Waals surface area (Å²) in [4.78, 5) is 28.3. The molecule has 1 N–H and O–H groups in total. The molecule has 2 aromatic carbocycles. The van der Waals surface area contributed by atoms with E-state index in [0.29, 0.717) is 26.9 Å². The zero-order valence-electron chi connectivity index (χ0n) is 14.3. The highest BCUT2D eigenvalue weighted by Gasteiger charge is 2.11. The number of benzene rings is 2. The normalized spacial score (nSPS) is 10.6. The first kappa shape index (κ1) is 19.9. The first-order chi connectivity index (χ1) is 13.5. The summed E-state index contributed by atoms with van der Waals surface area (Å²) in [6.45, 7) is 0. The van der Waals surface area contributed by atoms with E-state index < -0.39 is 11.9 Å². The average molecular weight is 503 g/mol. The summed E-state index contributed by atoms with van der Waals surface area (Å²) in [5, 5.41) is 3.95. The van der Waals surface area contributed by atoms with Gasteiger partial charge in [0.15, 0.2) is 0 Å². The van der Waals surface area contributed by atoms with Gasteiger partial charge in [0.05, 0.1) is 17.3 Å². The topological polar surface area (TPSA) is 80.6 Å². The lowest BCUT2D eigenvalue weighted by Crippen LogP contribution is -2.18. The molecule has 1 heterocycles. The Morgan fingerprint density at radius 1 is 0.964 bits per heavy atom. The van der Waals surface area contributed by atoms with Crippen molar-refractivity contribution in [1.82, 2.24) is 10.4 Å². The third-order valence-electron chi connectivity index (χ3n) is 3.52. The molecule has 0 aliphatic rings. The second kappa shape index (κ2) is 9.38. The fourth-order valence-electron chi connectivity index (χ4n) is 2.21. The molecule has 0 spiro atoms. The van der Waals surface area contributed by atoms with E-state index in [0.717, 1.165) is 4.47 Å². The van der Waals surface area contributed by atoms with Gasteiger partial charge in [-0.25, -0.2) is 10.2 Å². The summed E-state index contributed by atoms with van der Waals surface area (Å²) in [6.07, 6.45) is 4.42. The first-order valence-corrected chi connectivity index (χ1v) is 9.62. The highest BCUT2D eigenvalue weighted by molar-refractivity contribution is 9.10. The number of esters is 1. The molecule has 0 radical (unpaired) electrons. The van der Waals surface area contributed by atoms with Gasteiger partial charge < -0.3 is 4.74 Å². The van der Waals surface area contributed by atoms with E-state index in [1.807, 2.05) is 6.07 Å². The quantitative estimate of drug-likeness (QED) is 0.239. The summed E-state index contributed by atoms with van der Waals surface area (Å²) < 4.78 is 6.92. The molecule has 0 bridgehead atoms. The monoisotopic (exact) mass is 501 g/mol. The molecular formula is C20H13Br2N3O3. The number of rotatable bonds is 5. The van der Waals surface area contributed by atoms with Gasteiger partial charge >= 0.3 is 5.97 Å². The van der Waals surface area contributed by atoms with E-state index >= 15 is 0 Å². The molecule has 1 amide bonds. The van der Waals surface area contributed by atoms with Crippen molar-refractivity contribution in [2.24, 2.45) is 5.10 Å². The Balaban J connectivity index is 1.74. The van der Waals surface area contributed by atoms with Crippen LogP contribution in [0.4, 0.5) is 0 Å². The van der Waals surface area contributed by atoms with Gasteiger partial charge in [-0.15, -0.1) is 0 Å². The van der Waals surface area contributed by atoms with E-state index in [1.54, 1.807) is 54.7 Å². The summed E-state index contributed by atoms with van der Waals surface area (Å²) in [7, 11) is 0. The maximum Gasteiger partial charge on any atom is 0.343 e. The highest BCUT2D eigenvalue weighted by atomic mass is 79.9. The predicted octanol–water partition coefficient (Wildman–Crippen LogP) is 4.59. The number of aromatic nitrogens is 1. The lowest BCUT2D eigenvalue weighted by atomic mass is 10.2. The number of hydrazone groups is 1. The number of carbonyl (C=O) groups excluding carboxylic acids is 2. The van der Waals surface area contributed by atoms with Gasteiger partial charge in [-0.1, -0.05) is 34.1 Å². The van der Waals surface area contributed by atoms with E-state index in [2.05, 4.69) is 47.4 Å². The Labute approximate surface area is 177 Å². The summed E-state index contributed by atoms with van der Waals surface area (Å²) >= 11 is 6.63. The van der Waals surface area contributed by atoms with Crippen molar-refractivity contribution < 1.29 is 14.3 Å². The van der Waals surface area contributed by atoms with Crippen LogP contribution in [0.1, 0.15) is 26.3 Å². The van der Waals surface area contributed by atoms with Gasteiger partial charge in [0.1, 0.15) is 5.75 Å². The molecule has 0 aliphatic heterocycles. The smallest absolute Gasteiger partial charge is 0.343 e. The van der Waals surface area contributed by atoms with Crippen LogP contribution in [0.25, 0.3) is 0 Å². The molecule has 3 rings (SSSR count). The molecule has 6 nitrogen and oxygen atoms in total. The van der Waals surface area contributed by atoms with Crippen LogP contribution in [0.15, 0.2) is 81.0 Å². The molecule has 28 heavy (non-hydrogen) atoms. The lowest BCUT2D eigenvalue weighted by Gasteiger charge is -2.08. The largest absolute Gasteiger partial charge is 0.422 e. The summed E-state index contributed by atoms with van der Waals surface area (Å²) in [5.41, 5.74) is 3.73. The van der Waals surface area contributed by atoms with Crippen molar-refractivity contribution in [3.8, 4) is 5.75 Å². The fraction of sp³-hybridized carbons (Fsp3) is 0.